The van der Waals surface area contributed by atoms with Gasteiger partial charge in [0.1, 0.15) is 41.1 Å². The van der Waals surface area contributed by atoms with Crippen molar-refractivity contribution in [2.75, 3.05) is 35.5 Å². The highest BCUT2D eigenvalue weighted by Gasteiger charge is 2.22. The summed E-state index contributed by atoms with van der Waals surface area (Å²) in [6.07, 6.45) is 3.79. The Kier molecular flexibility index (Phi) is 9.31. The minimum Gasteiger partial charge on any atom is -0.497 e. The van der Waals surface area contributed by atoms with Gasteiger partial charge in [-0.15, -0.1) is 0 Å². The smallest absolute Gasteiger partial charge is 0.197 e. The summed E-state index contributed by atoms with van der Waals surface area (Å²) < 4.78 is 33.2. The van der Waals surface area contributed by atoms with Crippen molar-refractivity contribution in [3.05, 3.63) is 107 Å². The third-order valence-corrected chi connectivity index (χ3v) is 6.31. The van der Waals surface area contributed by atoms with Crippen molar-refractivity contribution >= 4 is 17.9 Å². The third-order valence-electron chi connectivity index (χ3n) is 6.31. The van der Waals surface area contributed by atoms with Crippen LogP contribution in [-0.2, 0) is 6.61 Å². The van der Waals surface area contributed by atoms with Crippen molar-refractivity contribution in [1.29, 1.82) is 0 Å². The van der Waals surface area contributed by atoms with Crippen LogP contribution in [-0.4, -0.2) is 41.3 Å². The highest BCUT2D eigenvalue weighted by atomic mass is 16.5. The van der Waals surface area contributed by atoms with Crippen LogP contribution >= 0.6 is 0 Å². The van der Waals surface area contributed by atoms with E-state index in [4.69, 9.17) is 28.4 Å². The maximum Gasteiger partial charge on any atom is 0.197 e. The zero-order chi connectivity index (χ0) is 28.5. The molecule has 0 radical (unpaired) electrons. The molecule has 0 bridgehead atoms. The average Bonchev–Trinajstić information content (AvgIpc) is 3.02. The molecule has 0 aromatic heterocycles. The van der Waals surface area contributed by atoms with Gasteiger partial charge in [-0.25, -0.2) is 0 Å². The third kappa shape index (κ3) is 6.74. The molecule has 0 fully saturated rings. The van der Waals surface area contributed by atoms with Gasteiger partial charge in [0.2, 0.25) is 0 Å². The molecule has 4 aromatic carbocycles. The van der Waals surface area contributed by atoms with Crippen molar-refractivity contribution in [2.45, 2.75) is 6.61 Å². The molecule has 7 heteroatoms. The average molecular weight is 541 g/mol. The molecule has 0 unspecified atom stereocenters. The van der Waals surface area contributed by atoms with Gasteiger partial charge in [-0.3, -0.25) is 4.79 Å². The van der Waals surface area contributed by atoms with Crippen molar-refractivity contribution in [3.8, 4) is 34.5 Å². The van der Waals surface area contributed by atoms with Gasteiger partial charge in [0, 0.05) is 17.7 Å². The normalized spacial score (nSPS) is 10.7. The Morgan fingerprint density at radius 1 is 0.600 bits per heavy atom. The Morgan fingerprint density at radius 3 is 1.68 bits per heavy atom. The molecule has 0 aliphatic carbocycles. The minimum atomic E-state index is -0.251. The van der Waals surface area contributed by atoms with E-state index in [-0.39, 0.29) is 12.4 Å². The molecule has 0 spiro atoms. The lowest BCUT2D eigenvalue weighted by molar-refractivity contribution is 0.103. The molecule has 7 nitrogen and oxygen atoms in total. The van der Waals surface area contributed by atoms with Gasteiger partial charge in [-0.2, -0.15) is 0 Å². The molecule has 0 heterocycles. The van der Waals surface area contributed by atoms with E-state index in [9.17, 15) is 4.79 Å². The van der Waals surface area contributed by atoms with Gasteiger partial charge in [0.25, 0.3) is 0 Å². The molecule has 4 rings (SSSR count). The quantitative estimate of drug-likeness (QED) is 0.146. The standard InChI is InChI=1S/C33H32O7/c1-35-26-12-7-22(8-13-26)6-11-24-16-30(39-5)20-31(40-21-23-9-14-27(36-2)15-10-23)32(24)33(34)25-17-28(37-3)19-29(18-25)38-4/h6-20H,21H2,1-5H3/b11-6+. The monoisotopic (exact) mass is 540 g/mol. The second-order valence-corrected chi connectivity index (χ2v) is 8.76. The van der Waals surface area contributed by atoms with E-state index in [1.165, 1.54) is 0 Å². The number of carbonyl (C=O) groups is 1. The fourth-order valence-electron chi connectivity index (χ4n) is 4.08. The highest BCUT2D eigenvalue weighted by molar-refractivity contribution is 6.13. The Balaban J connectivity index is 1.80. The molecular weight excluding hydrogens is 508 g/mol. The van der Waals surface area contributed by atoms with E-state index in [0.717, 1.165) is 22.6 Å². The Labute approximate surface area is 234 Å². The number of hydrogen-bond acceptors (Lipinski definition) is 7. The predicted molar refractivity (Wildman–Crippen MR) is 155 cm³/mol. The second kappa shape index (κ2) is 13.2. The van der Waals surface area contributed by atoms with Crippen LogP contribution in [0.4, 0.5) is 0 Å². The fourth-order valence-corrected chi connectivity index (χ4v) is 4.08. The minimum absolute atomic E-state index is 0.237. The van der Waals surface area contributed by atoms with Crippen LogP contribution in [0, 0.1) is 0 Å². The molecule has 0 saturated heterocycles. The number of hydrogen-bond donors (Lipinski definition) is 0. The topological polar surface area (TPSA) is 72.5 Å². The lowest BCUT2D eigenvalue weighted by Crippen LogP contribution is -2.09. The SMILES string of the molecule is COc1ccc(/C=C/c2cc(OC)cc(OCc3ccc(OC)cc3)c2C(=O)c2cc(OC)cc(OC)c2)cc1. The summed E-state index contributed by atoms with van der Waals surface area (Å²) in [6, 6.07) is 23.8. The summed E-state index contributed by atoms with van der Waals surface area (Å²) in [5.41, 5.74) is 3.27. The number of ketones is 1. The molecule has 0 aliphatic heterocycles. The van der Waals surface area contributed by atoms with Crippen LogP contribution < -0.4 is 28.4 Å². The fraction of sp³-hybridized carbons (Fsp3) is 0.182. The van der Waals surface area contributed by atoms with Crippen molar-refractivity contribution in [1.82, 2.24) is 0 Å². The van der Waals surface area contributed by atoms with E-state index in [0.29, 0.717) is 39.7 Å². The molecule has 0 N–H and O–H groups in total. The number of ether oxygens (including phenoxy) is 6. The summed E-state index contributed by atoms with van der Waals surface area (Å²) in [6.45, 7) is 0.237. The first-order valence-corrected chi connectivity index (χ1v) is 12.6. The number of methoxy groups -OCH3 is 5. The molecular formula is C33H32O7. The maximum atomic E-state index is 14.1. The molecule has 0 aliphatic rings. The molecule has 4 aromatic rings. The highest BCUT2D eigenvalue weighted by Crippen LogP contribution is 2.35. The number of carbonyl (C=O) groups excluding carboxylic acids is 1. The molecule has 0 amide bonds. The second-order valence-electron chi connectivity index (χ2n) is 8.76. The Hall–Kier alpha value is -4.91. The van der Waals surface area contributed by atoms with Crippen molar-refractivity contribution < 1.29 is 33.2 Å². The summed E-state index contributed by atoms with van der Waals surface area (Å²) in [5.74, 6) is 3.21. The summed E-state index contributed by atoms with van der Waals surface area (Å²) in [4.78, 5) is 14.1. The van der Waals surface area contributed by atoms with E-state index >= 15 is 0 Å². The van der Waals surface area contributed by atoms with Crippen molar-refractivity contribution in [3.63, 3.8) is 0 Å². The maximum absolute atomic E-state index is 14.1. The summed E-state index contributed by atoms with van der Waals surface area (Å²) in [5, 5.41) is 0. The lowest BCUT2D eigenvalue weighted by Gasteiger charge is -2.17. The Morgan fingerprint density at radius 2 is 1.12 bits per heavy atom. The molecule has 0 saturated carbocycles. The van der Waals surface area contributed by atoms with Gasteiger partial charge >= 0.3 is 0 Å². The van der Waals surface area contributed by atoms with Gasteiger partial charge < -0.3 is 28.4 Å². The van der Waals surface area contributed by atoms with Crippen LogP contribution in [0.2, 0.25) is 0 Å². The number of benzene rings is 4. The van der Waals surface area contributed by atoms with E-state index in [2.05, 4.69) is 0 Å². The number of rotatable bonds is 12. The van der Waals surface area contributed by atoms with Crippen molar-refractivity contribution in [2.24, 2.45) is 0 Å². The largest absolute Gasteiger partial charge is 0.497 e. The van der Waals surface area contributed by atoms with Gasteiger partial charge in [0.05, 0.1) is 41.1 Å². The summed E-state index contributed by atoms with van der Waals surface area (Å²) >= 11 is 0. The van der Waals surface area contributed by atoms with E-state index in [1.807, 2.05) is 66.7 Å². The van der Waals surface area contributed by atoms with Crippen LogP contribution in [0.3, 0.4) is 0 Å². The van der Waals surface area contributed by atoms with Crippen LogP contribution in [0.25, 0.3) is 12.2 Å². The molecule has 0 atom stereocenters. The zero-order valence-corrected chi connectivity index (χ0v) is 23.2. The summed E-state index contributed by atoms with van der Waals surface area (Å²) in [7, 11) is 7.91. The van der Waals surface area contributed by atoms with Crippen LogP contribution in [0.5, 0.6) is 34.5 Å². The molecule has 206 valence electrons. The first-order valence-electron chi connectivity index (χ1n) is 12.6. The van der Waals surface area contributed by atoms with Crippen LogP contribution in [0.15, 0.2) is 78.9 Å². The lowest BCUT2D eigenvalue weighted by atomic mass is 9.95. The zero-order valence-electron chi connectivity index (χ0n) is 23.2. The molecule has 40 heavy (non-hydrogen) atoms. The first kappa shape index (κ1) is 28.1. The predicted octanol–water partition coefficient (Wildman–Crippen LogP) is 6.71. The van der Waals surface area contributed by atoms with Gasteiger partial charge in [0.15, 0.2) is 5.78 Å². The first-order chi connectivity index (χ1) is 19.5. The van der Waals surface area contributed by atoms with Gasteiger partial charge in [-0.1, -0.05) is 36.4 Å². The Bertz CT molecular complexity index is 1450. The van der Waals surface area contributed by atoms with Crippen LogP contribution in [0.1, 0.15) is 32.6 Å². The van der Waals surface area contributed by atoms with Gasteiger partial charge in [-0.05, 0) is 59.2 Å². The van der Waals surface area contributed by atoms with E-state index in [1.54, 1.807) is 59.8 Å². The van der Waals surface area contributed by atoms with E-state index < -0.39 is 0 Å².